The number of thiazole rings is 1. The number of H-pyrrole nitrogens is 1. The summed E-state index contributed by atoms with van der Waals surface area (Å²) in [5.74, 6) is 0.385. The highest BCUT2D eigenvalue weighted by molar-refractivity contribution is 7.17. The topological polar surface area (TPSA) is 83.1 Å². The van der Waals surface area contributed by atoms with E-state index >= 15 is 0 Å². The fourth-order valence-corrected chi connectivity index (χ4v) is 3.06. The second-order valence-corrected chi connectivity index (χ2v) is 6.60. The van der Waals surface area contributed by atoms with Crippen molar-refractivity contribution in [2.24, 2.45) is 0 Å². The maximum absolute atomic E-state index is 13.2. The molecule has 0 spiro atoms. The number of urea groups is 1. The van der Waals surface area contributed by atoms with Crippen LogP contribution >= 0.6 is 11.3 Å². The fourth-order valence-electron chi connectivity index (χ4n) is 2.38. The number of amides is 2. The van der Waals surface area contributed by atoms with Crippen LogP contribution in [0.3, 0.4) is 0 Å². The summed E-state index contributed by atoms with van der Waals surface area (Å²) >= 11 is 1.13. The molecule has 2 N–H and O–H groups in total. The molecular formula is C18H14FN5O2S. The molecule has 0 saturated carbocycles. The van der Waals surface area contributed by atoms with Crippen molar-refractivity contribution in [2.45, 2.75) is 0 Å². The van der Waals surface area contributed by atoms with Crippen molar-refractivity contribution >= 4 is 39.5 Å². The zero-order valence-corrected chi connectivity index (χ0v) is 15.0. The number of rotatable bonds is 4. The van der Waals surface area contributed by atoms with Gasteiger partial charge in [-0.2, -0.15) is 0 Å². The van der Waals surface area contributed by atoms with Crippen molar-refractivity contribution in [3.05, 3.63) is 60.5 Å². The van der Waals surface area contributed by atoms with E-state index in [1.54, 1.807) is 19.2 Å². The number of para-hydroxylation sites is 2. The quantitative estimate of drug-likeness (QED) is 0.539. The normalized spacial score (nSPS) is 10.7. The van der Waals surface area contributed by atoms with Gasteiger partial charge in [0.25, 0.3) is 0 Å². The van der Waals surface area contributed by atoms with Gasteiger partial charge >= 0.3 is 6.03 Å². The molecule has 0 saturated heterocycles. The lowest BCUT2D eigenvalue weighted by atomic mass is 10.3. The van der Waals surface area contributed by atoms with Crippen LogP contribution in [0.5, 0.6) is 10.8 Å². The molecule has 27 heavy (non-hydrogen) atoms. The monoisotopic (exact) mass is 383 g/mol. The molecule has 9 heteroatoms. The van der Waals surface area contributed by atoms with Crippen molar-refractivity contribution in [1.82, 2.24) is 15.0 Å². The molecule has 0 aliphatic carbocycles. The van der Waals surface area contributed by atoms with Crippen molar-refractivity contribution in [2.75, 3.05) is 17.3 Å². The maximum atomic E-state index is 13.2. The second-order valence-electron chi connectivity index (χ2n) is 5.61. The van der Waals surface area contributed by atoms with Gasteiger partial charge in [-0.15, -0.1) is 0 Å². The summed E-state index contributed by atoms with van der Waals surface area (Å²) in [6, 6.07) is 12.9. The molecule has 0 radical (unpaired) electrons. The molecule has 2 heterocycles. The maximum Gasteiger partial charge on any atom is 0.330 e. The Balaban J connectivity index is 1.44. The summed E-state index contributed by atoms with van der Waals surface area (Å²) in [5.41, 5.74) is 1.61. The summed E-state index contributed by atoms with van der Waals surface area (Å²) in [6.45, 7) is 0. The number of carbonyl (C=O) groups excluding carboxylic acids is 1. The molecule has 0 fully saturated rings. The zero-order valence-electron chi connectivity index (χ0n) is 14.1. The average Bonchev–Trinajstić information content (AvgIpc) is 3.27. The number of halogens is 1. The Morgan fingerprint density at radius 3 is 2.93 bits per heavy atom. The molecule has 4 rings (SSSR count). The van der Waals surface area contributed by atoms with Gasteiger partial charge in [0.1, 0.15) is 11.6 Å². The molecule has 2 aromatic carbocycles. The van der Waals surface area contributed by atoms with Crippen LogP contribution < -0.4 is 15.0 Å². The number of ether oxygens (including phenoxy) is 1. The standard InChI is InChI=1S/C18H14FN5O2S/c1-24(16-21-13-7-2-3-8-14(13)22-16)18(25)23-17-20-10-15(27-17)26-12-6-4-5-11(19)9-12/h2-10H,1H3,(H,21,22)(H,20,23,25). The number of nitrogens with zero attached hydrogens (tertiary/aromatic N) is 3. The Morgan fingerprint density at radius 2 is 2.11 bits per heavy atom. The number of fused-ring (bicyclic) bond motifs is 1. The lowest BCUT2D eigenvalue weighted by Gasteiger charge is -2.13. The van der Waals surface area contributed by atoms with Gasteiger partial charge in [0.15, 0.2) is 5.13 Å². The number of carbonyl (C=O) groups is 1. The number of benzene rings is 2. The summed E-state index contributed by atoms with van der Waals surface area (Å²) in [7, 11) is 1.60. The van der Waals surface area contributed by atoms with Crippen LogP contribution in [0.2, 0.25) is 0 Å². The third kappa shape index (κ3) is 3.72. The molecule has 0 bridgehead atoms. The molecule has 0 unspecified atom stereocenters. The first-order chi connectivity index (χ1) is 13.1. The molecule has 0 aliphatic rings. The van der Waals surface area contributed by atoms with E-state index in [1.165, 1.54) is 23.2 Å². The van der Waals surface area contributed by atoms with Gasteiger partial charge in [-0.3, -0.25) is 10.2 Å². The zero-order chi connectivity index (χ0) is 18.8. The highest BCUT2D eigenvalue weighted by Crippen LogP contribution is 2.30. The van der Waals surface area contributed by atoms with Crippen LogP contribution in [0.4, 0.5) is 20.3 Å². The SMILES string of the molecule is CN(C(=O)Nc1ncc(Oc2cccc(F)c2)s1)c1nc2ccccc2[nH]1. The highest BCUT2D eigenvalue weighted by atomic mass is 32.1. The van der Waals surface area contributed by atoms with Crippen molar-refractivity contribution in [3.63, 3.8) is 0 Å². The molecule has 4 aromatic rings. The van der Waals surface area contributed by atoms with Gasteiger partial charge in [0.2, 0.25) is 11.0 Å². The Kier molecular flexibility index (Phi) is 4.43. The third-order valence-corrected chi connectivity index (χ3v) is 4.50. The third-order valence-electron chi connectivity index (χ3n) is 3.71. The predicted molar refractivity (Wildman–Crippen MR) is 102 cm³/mol. The van der Waals surface area contributed by atoms with Crippen molar-refractivity contribution < 1.29 is 13.9 Å². The fraction of sp³-hybridized carbons (Fsp3) is 0.0556. The summed E-state index contributed by atoms with van der Waals surface area (Å²) in [4.78, 5) is 25.4. The Labute approximate surface area is 157 Å². The van der Waals surface area contributed by atoms with Crippen LogP contribution in [0.25, 0.3) is 11.0 Å². The van der Waals surface area contributed by atoms with E-state index in [1.807, 2.05) is 24.3 Å². The predicted octanol–water partition coefficient (Wildman–Crippen LogP) is 4.62. The van der Waals surface area contributed by atoms with Crippen molar-refractivity contribution in [3.8, 4) is 10.8 Å². The molecule has 2 amide bonds. The highest BCUT2D eigenvalue weighted by Gasteiger charge is 2.16. The number of hydrogen-bond acceptors (Lipinski definition) is 5. The lowest BCUT2D eigenvalue weighted by molar-refractivity contribution is 0.258. The molecule has 0 aliphatic heterocycles. The van der Waals surface area contributed by atoms with Gasteiger partial charge in [0.05, 0.1) is 17.2 Å². The second kappa shape index (κ2) is 7.04. The van der Waals surface area contributed by atoms with Gasteiger partial charge < -0.3 is 9.72 Å². The summed E-state index contributed by atoms with van der Waals surface area (Å²) in [6.07, 6.45) is 1.46. The number of anilines is 2. The molecular weight excluding hydrogens is 369 g/mol. The Morgan fingerprint density at radius 1 is 1.26 bits per heavy atom. The van der Waals surface area contributed by atoms with Gasteiger partial charge in [-0.25, -0.2) is 19.2 Å². The van der Waals surface area contributed by atoms with Crippen LogP contribution in [-0.2, 0) is 0 Å². The first kappa shape index (κ1) is 17.0. The number of hydrogen-bond donors (Lipinski definition) is 2. The smallest absolute Gasteiger partial charge is 0.330 e. The number of aromatic nitrogens is 3. The first-order valence-corrected chi connectivity index (χ1v) is 8.79. The Bertz CT molecular complexity index is 1080. The minimum Gasteiger partial charge on any atom is -0.445 e. The van der Waals surface area contributed by atoms with Crippen LogP contribution in [0.1, 0.15) is 0 Å². The van der Waals surface area contributed by atoms with E-state index in [4.69, 9.17) is 4.74 Å². The Hall–Kier alpha value is -3.46. The van der Waals surface area contributed by atoms with Gasteiger partial charge in [0, 0.05) is 13.1 Å². The van der Waals surface area contributed by atoms with Gasteiger partial charge in [-0.1, -0.05) is 29.5 Å². The first-order valence-electron chi connectivity index (χ1n) is 7.97. The van der Waals surface area contributed by atoms with Crippen LogP contribution in [0.15, 0.2) is 54.7 Å². The minimum atomic E-state index is -0.402. The summed E-state index contributed by atoms with van der Waals surface area (Å²) < 4.78 is 18.7. The van der Waals surface area contributed by atoms with Crippen LogP contribution in [0, 0.1) is 5.82 Å². The average molecular weight is 383 g/mol. The van der Waals surface area contributed by atoms with Crippen molar-refractivity contribution in [1.29, 1.82) is 0 Å². The van der Waals surface area contributed by atoms with Gasteiger partial charge in [-0.05, 0) is 24.3 Å². The van der Waals surface area contributed by atoms with Crippen LogP contribution in [-0.4, -0.2) is 28.0 Å². The van der Waals surface area contributed by atoms with E-state index in [-0.39, 0.29) is 0 Å². The van der Waals surface area contributed by atoms with E-state index in [0.717, 1.165) is 22.4 Å². The number of aromatic amines is 1. The summed E-state index contributed by atoms with van der Waals surface area (Å²) in [5, 5.41) is 3.47. The minimum absolute atomic E-state index is 0.356. The van der Waals surface area contributed by atoms with E-state index in [2.05, 4.69) is 20.3 Å². The largest absolute Gasteiger partial charge is 0.445 e. The number of nitrogens with one attached hydrogen (secondary N) is 2. The van der Waals surface area contributed by atoms with E-state index in [0.29, 0.717) is 21.9 Å². The lowest BCUT2D eigenvalue weighted by Crippen LogP contribution is -2.31. The molecule has 7 nitrogen and oxygen atoms in total. The molecule has 0 atom stereocenters. The molecule has 2 aromatic heterocycles. The van der Waals surface area contributed by atoms with E-state index < -0.39 is 11.8 Å². The number of imidazole rings is 1. The molecule has 136 valence electrons. The van der Waals surface area contributed by atoms with E-state index in [9.17, 15) is 9.18 Å².